The Morgan fingerprint density at radius 2 is 1.94 bits per heavy atom. The summed E-state index contributed by atoms with van der Waals surface area (Å²) in [6.45, 7) is 13.2. The molecule has 1 aromatic carbocycles. The van der Waals surface area contributed by atoms with Crippen LogP contribution in [-0.4, -0.2) is 38.0 Å². The Bertz CT molecular complexity index is 992. The van der Waals surface area contributed by atoms with Crippen LogP contribution in [0.25, 0.3) is 0 Å². The molecule has 0 saturated carbocycles. The lowest BCUT2D eigenvalue weighted by molar-refractivity contribution is 0.0525. The lowest BCUT2D eigenvalue weighted by Gasteiger charge is -2.42. The molecular formula is C24H32N2O4S. The first kappa shape index (κ1) is 23.3. The van der Waals surface area contributed by atoms with Crippen molar-refractivity contribution in [3.63, 3.8) is 0 Å². The van der Waals surface area contributed by atoms with Crippen LogP contribution >= 0.6 is 11.3 Å². The largest absolute Gasteiger partial charge is 0.493 e. The van der Waals surface area contributed by atoms with Gasteiger partial charge in [0.05, 0.1) is 25.9 Å². The van der Waals surface area contributed by atoms with E-state index in [-0.39, 0.29) is 17.0 Å². The van der Waals surface area contributed by atoms with E-state index in [1.165, 1.54) is 0 Å². The first-order chi connectivity index (χ1) is 14.6. The van der Waals surface area contributed by atoms with Crippen molar-refractivity contribution in [3.05, 3.63) is 39.8 Å². The second kappa shape index (κ2) is 9.01. The number of rotatable bonds is 7. The van der Waals surface area contributed by atoms with E-state index < -0.39 is 0 Å². The third-order valence-electron chi connectivity index (χ3n) is 5.12. The zero-order valence-electron chi connectivity index (χ0n) is 19.4. The molecule has 0 bridgehead atoms. The summed E-state index contributed by atoms with van der Waals surface area (Å²) in [6.07, 6.45) is 2.49. The number of esters is 1. The predicted molar refractivity (Wildman–Crippen MR) is 126 cm³/mol. The standard InChI is InChI=1S/C24H32N2O4S/c1-8-29-17-11-10-15(12-18(17)28-7)14-25-21-19(22(27)30-9-2)16-13-23(3,4)26-24(5,6)20(16)31-21/h10-12,14,26H,8-9,13H2,1-7H3. The van der Waals surface area contributed by atoms with E-state index in [1.807, 2.05) is 32.0 Å². The summed E-state index contributed by atoms with van der Waals surface area (Å²) in [5, 5.41) is 4.35. The minimum atomic E-state index is -0.315. The Morgan fingerprint density at radius 1 is 1.19 bits per heavy atom. The topological polar surface area (TPSA) is 69.2 Å². The number of thiophene rings is 1. The van der Waals surface area contributed by atoms with E-state index in [4.69, 9.17) is 19.2 Å². The number of fused-ring (bicyclic) bond motifs is 1. The Morgan fingerprint density at radius 3 is 2.58 bits per heavy atom. The van der Waals surface area contributed by atoms with Crippen LogP contribution in [0, 0.1) is 0 Å². The molecule has 1 N–H and O–H groups in total. The van der Waals surface area contributed by atoms with Crippen LogP contribution in [0.2, 0.25) is 0 Å². The van der Waals surface area contributed by atoms with E-state index >= 15 is 0 Å². The summed E-state index contributed by atoms with van der Waals surface area (Å²) in [6, 6.07) is 5.66. The van der Waals surface area contributed by atoms with Gasteiger partial charge in [-0.1, -0.05) is 0 Å². The predicted octanol–water partition coefficient (Wildman–Crippen LogP) is 5.24. The molecule has 31 heavy (non-hydrogen) atoms. The Kier molecular flexibility index (Phi) is 6.76. The number of carbonyl (C=O) groups excluding carboxylic acids is 1. The van der Waals surface area contributed by atoms with Gasteiger partial charge in [-0.3, -0.25) is 0 Å². The number of benzene rings is 1. The fourth-order valence-electron chi connectivity index (χ4n) is 4.19. The van der Waals surface area contributed by atoms with Gasteiger partial charge < -0.3 is 19.5 Å². The molecule has 0 amide bonds. The Labute approximate surface area is 188 Å². The lowest BCUT2D eigenvalue weighted by atomic mass is 9.81. The molecule has 7 heteroatoms. The minimum absolute atomic E-state index is 0.137. The molecule has 0 radical (unpaired) electrons. The highest BCUT2D eigenvalue weighted by Crippen LogP contribution is 2.46. The van der Waals surface area contributed by atoms with Crippen LogP contribution in [-0.2, 0) is 16.7 Å². The maximum atomic E-state index is 12.9. The second-order valence-corrected chi connectivity index (χ2v) is 9.72. The number of hydrogen-bond acceptors (Lipinski definition) is 7. The molecule has 0 atom stereocenters. The number of aliphatic imine (C=N–C) groups is 1. The summed E-state index contributed by atoms with van der Waals surface area (Å²) < 4.78 is 16.4. The fourth-order valence-corrected chi connectivity index (χ4v) is 5.40. The molecule has 168 valence electrons. The SMILES string of the molecule is CCOC(=O)c1c(N=Cc2ccc(OCC)c(OC)c2)sc2c1CC(C)(C)NC2(C)C. The first-order valence-corrected chi connectivity index (χ1v) is 11.4. The maximum absolute atomic E-state index is 12.9. The summed E-state index contributed by atoms with van der Waals surface area (Å²) in [4.78, 5) is 18.8. The van der Waals surface area contributed by atoms with Crippen molar-refractivity contribution >= 4 is 28.5 Å². The van der Waals surface area contributed by atoms with Crippen LogP contribution in [0.3, 0.4) is 0 Å². The normalized spacial score (nSPS) is 16.7. The summed E-state index contributed by atoms with van der Waals surface area (Å²) in [7, 11) is 1.61. The van der Waals surface area contributed by atoms with Crippen LogP contribution in [0.4, 0.5) is 5.00 Å². The number of hydrogen-bond donors (Lipinski definition) is 1. The first-order valence-electron chi connectivity index (χ1n) is 10.6. The van der Waals surface area contributed by atoms with Crippen molar-refractivity contribution in [1.82, 2.24) is 5.32 Å². The van der Waals surface area contributed by atoms with Crippen molar-refractivity contribution in [2.75, 3.05) is 20.3 Å². The second-order valence-electron chi connectivity index (χ2n) is 8.72. The van der Waals surface area contributed by atoms with E-state index in [2.05, 4.69) is 33.0 Å². The van der Waals surface area contributed by atoms with E-state index in [0.29, 0.717) is 35.3 Å². The zero-order valence-corrected chi connectivity index (χ0v) is 20.2. The molecule has 0 aliphatic carbocycles. The average Bonchev–Trinajstić information content (AvgIpc) is 3.05. The monoisotopic (exact) mass is 444 g/mol. The molecule has 2 heterocycles. The highest BCUT2D eigenvalue weighted by Gasteiger charge is 2.41. The number of carbonyl (C=O) groups is 1. The quantitative estimate of drug-likeness (QED) is 0.467. The molecule has 0 fully saturated rings. The van der Waals surface area contributed by atoms with E-state index in [1.54, 1.807) is 24.7 Å². The molecule has 1 aromatic heterocycles. The highest BCUT2D eigenvalue weighted by atomic mass is 32.1. The van der Waals surface area contributed by atoms with E-state index in [0.717, 1.165) is 22.4 Å². The number of nitrogens with one attached hydrogen (secondary N) is 1. The molecule has 3 rings (SSSR count). The van der Waals surface area contributed by atoms with Crippen LogP contribution in [0.1, 0.15) is 67.9 Å². The van der Waals surface area contributed by atoms with Gasteiger partial charge in [0.15, 0.2) is 11.5 Å². The highest BCUT2D eigenvalue weighted by molar-refractivity contribution is 7.16. The number of nitrogens with zero attached hydrogens (tertiary/aromatic N) is 1. The van der Waals surface area contributed by atoms with Crippen LogP contribution in [0.15, 0.2) is 23.2 Å². The molecule has 1 aliphatic rings. The smallest absolute Gasteiger partial charge is 0.341 e. The summed E-state index contributed by atoms with van der Waals surface area (Å²) in [5.41, 5.74) is 2.08. The maximum Gasteiger partial charge on any atom is 0.341 e. The molecule has 2 aromatic rings. The molecule has 0 saturated heterocycles. The van der Waals surface area contributed by atoms with Gasteiger partial charge in [-0.25, -0.2) is 9.79 Å². The number of methoxy groups -OCH3 is 1. The van der Waals surface area contributed by atoms with Gasteiger partial charge in [0.2, 0.25) is 0 Å². The molecule has 1 aliphatic heterocycles. The zero-order chi connectivity index (χ0) is 22.8. The Balaban J connectivity index is 2.05. The van der Waals surface area contributed by atoms with Crippen molar-refractivity contribution in [2.24, 2.45) is 4.99 Å². The fraction of sp³-hybridized carbons (Fsp3) is 0.500. The van der Waals surface area contributed by atoms with Gasteiger partial charge in [-0.2, -0.15) is 0 Å². The summed E-state index contributed by atoms with van der Waals surface area (Å²) in [5.74, 6) is 1.02. The number of ether oxygens (including phenoxy) is 3. The molecular weight excluding hydrogens is 412 g/mol. The van der Waals surface area contributed by atoms with Gasteiger partial charge >= 0.3 is 5.97 Å². The third kappa shape index (κ3) is 4.93. The van der Waals surface area contributed by atoms with Gasteiger partial charge in [-0.05, 0) is 77.3 Å². The van der Waals surface area contributed by atoms with E-state index in [9.17, 15) is 4.79 Å². The van der Waals surface area contributed by atoms with Gasteiger partial charge in [0.25, 0.3) is 0 Å². The summed E-state index contributed by atoms with van der Waals surface area (Å²) >= 11 is 1.55. The van der Waals surface area contributed by atoms with Gasteiger partial charge in [0.1, 0.15) is 5.00 Å². The minimum Gasteiger partial charge on any atom is -0.493 e. The molecule has 0 spiro atoms. The van der Waals surface area contributed by atoms with Crippen molar-refractivity contribution in [3.8, 4) is 11.5 Å². The van der Waals surface area contributed by atoms with Crippen LogP contribution < -0.4 is 14.8 Å². The lowest BCUT2D eigenvalue weighted by Crippen LogP contribution is -2.55. The molecule has 6 nitrogen and oxygen atoms in total. The van der Waals surface area contributed by atoms with Crippen LogP contribution in [0.5, 0.6) is 11.5 Å². The average molecular weight is 445 g/mol. The van der Waals surface area contributed by atoms with Gasteiger partial charge in [0, 0.05) is 22.2 Å². The van der Waals surface area contributed by atoms with Crippen molar-refractivity contribution in [1.29, 1.82) is 0 Å². The van der Waals surface area contributed by atoms with Crippen molar-refractivity contribution in [2.45, 2.75) is 59.0 Å². The Hall–Kier alpha value is -2.38. The molecule has 0 unspecified atom stereocenters. The third-order valence-corrected chi connectivity index (χ3v) is 6.59. The van der Waals surface area contributed by atoms with Crippen molar-refractivity contribution < 1.29 is 19.0 Å². The van der Waals surface area contributed by atoms with Gasteiger partial charge in [-0.15, -0.1) is 11.3 Å².